The van der Waals surface area contributed by atoms with Gasteiger partial charge >= 0.3 is 0 Å². The Morgan fingerprint density at radius 3 is 2.73 bits per heavy atom. The van der Waals surface area contributed by atoms with Crippen LogP contribution in [0.1, 0.15) is 25.7 Å². The third kappa shape index (κ3) is 1.74. The Bertz CT molecular complexity index is 132. The van der Waals surface area contributed by atoms with Crippen LogP contribution in [0.3, 0.4) is 0 Å². The number of piperidine rings is 1. The molecule has 1 aliphatic heterocycles. The molecule has 1 saturated carbocycles. The number of nitrogens with one attached hydrogen (secondary N) is 2. The minimum Gasteiger partial charge on any atom is -0.317 e. The van der Waals surface area contributed by atoms with E-state index in [1.807, 2.05) is 0 Å². The molecule has 0 aromatic heterocycles. The second-order valence-corrected chi connectivity index (χ2v) is 3.91. The summed E-state index contributed by atoms with van der Waals surface area (Å²) in [5.74, 6) is 1.02. The molecule has 64 valence electrons. The predicted molar refractivity (Wildman–Crippen MR) is 46.6 cm³/mol. The smallest absolute Gasteiger partial charge is 0.0110 e. The van der Waals surface area contributed by atoms with Crippen LogP contribution in [0, 0.1) is 5.92 Å². The second kappa shape index (κ2) is 3.11. The molecule has 1 heterocycles. The van der Waals surface area contributed by atoms with Gasteiger partial charge in [-0.15, -0.1) is 0 Å². The fourth-order valence-corrected chi connectivity index (χ4v) is 2.07. The van der Waals surface area contributed by atoms with Crippen LogP contribution < -0.4 is 10.6 Å². The zero-order chi connectivity index (χ0) is 7.68. The van der Waals surface area contributed by atoms with Crippen LogP contribution in [0.4, 0.5) is 0 Å². The molecule has 2 nitrogen and oxygen atoms in total. The van der Waals surface area contributed by atoms with E-state index in [-0.39, 0.29) is 0 Å². The van der Waals surface area contributed by atoms with Crippen LogP contribution in [-0.4, -0.2) is 25.7 Å². The summed E-state index contributed by atoms with van der Waals surface area (Å²) in [5.41, 5.74) is 0. The Morgan fingerprint density at radius 1 is 1.27 bits per heavy atom. The van der Waals surface area contributed by atoms with Crippen molar-refractivity contribution in [1.29, 1.82) is 0 Å². The molecular weight excluding hydrogens is 136 g/mol. The highest BCUT2D eigenvalue weighted by Gasteiger charge is 2.33. The quantitative estimate of drug-likeness (QED) is 0.613. The first-order valence-corrected chi connectivity index (χ1v) is 4.81. The molecule has 0 radical (unpaired) electrons. The van der Waals surface area contributed by atoms with Crippen LogP contribution in [0.5, 0.6) is 0 Å². The standard InChI is InChI=1S/C9H18N2/c1-10-8-4-5-11-9(6-8)7-2-3-7/h7-11H,2-6H2,1H3. The lowest BCUT2D eigenvalue weighted by atomic mass is 9.96. The molecule has 1 saturated heterocycles. The van der Waals surface area contributed by atoms with Gasteiger partial charge in [0, 0.05) is 12.1 Å². The molecule has 0 bridgehead atoms. The van der Waals surface area contributed by atoms with Crippen molar-refractivity contribution in [2.75, 3.05) is 13.6 Å². The molecule has 1 aliphatic carbocycles. The monoisotopic (exact) mass is 154 g/mol. The number of rotatable bonds is 2. The maximum atomic E-state index is 3.61. The minimum absolute atomic E-state index is 0.779. The molecule has 2 heteroatoms. The second-order valence-electron chi connectivity index (χ2n) is 3.91. The molecule has 2 unspecified atom stereocenters. The van der Waals surface area contributed by atoms with Crippen LogP contribution in [0.15, 0.2) is 0 Å². The van der Waals surface area contributed by atoms with Gasteiger partial charge in [-0.2, -0.15) is 0 Å². The Hall–Kier alpha value is -0.0800. The van der Waals surface area contributed by atoms with E-state index in [1.54, 1.807) is 0 Å². The van der Waals surface area contributed by atoms with E-state index >= 15 is 0 Å². The maximum absolute atomic E-state index is 3.61. The molecule has 2 N–H and O–H groups in total. The van der Waals surface area contributed by atoms with Crippen molar-refractivity contribution in [2.45, 2.75) is 37.8 Å². The minimum atomic E-state index is 0.779. The molecule has 0 aromatic carbocycles. The molecular formula is C9H18N2. The van der Waals surface area contributed by atoms with E-state index in [2.05, 4.69) is 17.7 Å². The summed E-state index contributed by atoms with van der Waals surface area (Å²) in [4.78, 5) is 0. The van der Waals surface area contributed by atoms with Crippen LogP contribution in [0.2, 0.25) is 0 Å². The van der Waals surface area contributed by atoms with Gasteiger partial charge < -0.3 is 10.6 Å². The molecule has 0 spiro atoms. The van der Waals surface area contributed by atoms with Gasteiger partial charge in [-0.3, -0.25) is 0 Å². The van der Waals surface area contributed by atoms with Gasteiger partial charge in [0.15, 0.2) is 0 Å². The highest BCUT2D eigenvalue weighted by Crippen LogP contribution is 2.35. The number of hydrogen-bond acceptors (Lipinski definition) is 2. The largest absolute Gasteiger partial charge is 0.317 e. The molecule has 0 amide bonds. The fraction of sp³-hybridized carbons (Fsp3) is 1.00. The Kier molecular flexibility index (Phi) is 2.14. The highest BCUT2D eigenvalue weighted by atomic mass is 15.0. The summed E-state index contributed by atoms with van der Waals surface area (Å²) in [6.07, 6.45) is 5.59. The molecule has 11 heavy (non-hydrogen) atoms. The first-order chi connectivity index (χ1) is 5.40. The lowest BCUT2D eigenvalue weighted by Crippen LogP contribution is -2.45. The Labute approximate surface area is 68.7 Å². The van der Waals surface area contributed by atoms with Crippen LogP contribution >= 0.6 is 0 Å². The van der Waals surface area contributed by atoms with Gasteiger partial charge in [-0.05, 0) is 45.2 Å². The fourth-order valence-electron chi connectivity index (χ4n) is 2.07. The van der Waals surface area contributed by atoms with Gasteiger partial charge in [0.1, 0.15) is 0 Å². The van der Waals surface area contributed by atoms with E-state index in [9.17, 15) is 0 Å². The summed E-state index contributed by atoms with van der Waals surface area (Å²) in [6, 6.07) is 1.61. The topological polar surface area (TPSA) is 24.1 Å². The maximum Gasteiger partial charge on any atom is 0.0110 e. The highest BCUT2D eigenvalue weighted by molar-refractivity contribution is 4.92. The van der Waals surface area contributed by atoms with E-state index in [4.69, 9.17) is 0 Å². The van der Waals surface area contributed by atoms with E-state index in [0.717, 1.165) is 18.0 Å². The van der Waals surface area contributed by atoms with Crippen molar-refractivity contribution < 1.29 is 0 Å². The van der Waals surface area contributed by atoms with Gasteiger partial charge in [-0.1, -0.05) is 0 Å². The first kappa shape index (κ1) is 7.56. The lowest BCUT2D eigenvalue weighted by Gasteiger charge is -2.30. The van der Waals surface area contributed by atoms with Crippen molar-refractivity contribution in [3.8, 4) is 0 Å². The SMILES string of the molecule is CNC1CCNC(C2CC2)C1. The summed E-state index contributed by atoms with van der Waals surface area (Å²) in [5, 5.41) is 6.98. The lowest BCUT2D eigenvalue weighted by molar-refractivity contribution is 0.309. The average Bonchev–Trinajstić information content (AvgIpc) is 2.87. The zero-order valence-corrected chi connectivity index (χ0v) is 7.27. The summed E-state index contributed by atoms with van der Waals surface area (Å²) < 4.78 is 0. The molecule has 2 aliphatic rings. The third-order valence-electron chi connectivity index (χ3n) is 3.04. The van der Waals surface area contributed by atoms with Crippen molar-refractivity contribution in [3.05, 3.63) is 0 Å². The average molecular weight is 154 g/mol. The summed E-state index contributed by atoms with van der Waals surface area (Å²) in [6.45, 7) is 1.21. The van der Waals surface area contributed by atoms with Gasteiger partial charge in [0.25, 0.3) is 0 Å². The molecule has 2 atom stereocenters. The normalized spacial score (nSPS) is 39.0. The van der Waals surface area contributed by atoms with Crippen LogP contribution in [0.25, 0.3) is 0 Å². The molecule has 0 aromatic rings. The van der Waals surface area contributed by atoms with Gasteiger partial charge in [-0.25, -0.2) is 0 Å². The summed E-state index contributed by atoms with van der Waals surface area (Å²) >= 11 is 0. The Balaban J connectivity index is 1.82. The number of hydrogen-bond donors (Lipinski definition) is 2. The summed E-state index contributed by atoms with van der Waals surface area (Å²) in [7, 11) is 2.08. The van der Waals surface area contributed by atoms with Crippen LogP contribution in [-0.2, 0) is 0 Å². The molecule has 2 fully saturated rings. The van der Waals surface area contributed by atoms with Crippen molar-refractivity contribution in [3.63, 3.8) is 0 Å². The van der Waals surface area contributed by atoms with E-state index in [1.165, 1.54) is 32.2 Å². The first-order valence-electron chi connectivity index (χ1n) is 4.81. The third-order valence-corrected chi connectivity index (χ3v) is 3.04. The predicted octanol–water partition coefficient (Wildman–Crippen LogP) is 0.736. The van der Waals surface area contributed by atoms with Crippen molar-refractivity contribution >= 4 is 0 Å². The van der Waals surface area contributed by atoms with Gasteiger partial charge in [0.05, 0.1) is 0 Å². The van der Waals surface area contributed by atoms with Crippen molar-refractivity contribution in [2.24, 2.45) is 5.92 Å². The molecule has 2 rings (SSSR count). The van der Waals surface area contributed by atoms with E-state index < -0.39 is 0 Å². The van der Waals surface area contributed by atoms with Gasteiger partial charge in [0.2, 0.25) is 0 Å². The van der Waals surface area contributed by atoms with Crippen molar-refractivity contribution in [1.82, 2.24) is 10.6 Å². The Morgan fingerprint density at radius 2 is 2.09 bits per heavy atom. The van der Waals surface area contributed by atoms with E-state index in [0.29, 0.717) is 0 Å². The zero-order valence-electron chi connectivity index (χ0n) is 7.27.